The number of fused-ring (bicyclic) bond motifs is 1. The van der Waals surface area contributed by atoms with E-state index in [0.717, 1.165) is 30.5 Å². The van der Waals surface area contributed by atoms with Gasteiger partial charge in [0.15, 0.2) is 5.78 Å². The van der Waals surface area contributed by atoms with E-state index in [1.807, 2.05) is 25.1 Å². The van der Waals surface area contributed by atoms with Crippen LogP contribution in [0.1, 0.15) is 42.6 Å². The molecular weight excluding hydrogens is 346 g/mol. The summed E-state index contributed by atoms with van der Waals surface area (Å²) < 4.78 is 4.95. The molecular formula is C17H22BrNO3. The third-order valence-corrected chi connectivity index (χ3v) is 4.82. The van der Waals surface area contributed by atoms with E-state index < -0.39 is 0 Å². The molecule has 2 rings (SSSR count). The van der Waals surface area contributed by atoms with Crippen molar-refractivity contribution in [1.82, 2.24) is 0 Å². The summed E-state index contributed by atoms with van der Waals surface area (Å²) in [4.78, 5) is 26.2. The van der Waals surface area contributed by atoms with Crippen LogP contribution in [0.2, 0.25) is 0 Å². The van der Waals surface area contributed by atoms with E-state index in [1.54, 1.807) is 4.90 Å². The lowest BCUT2D eigenvalue weighted by atomic mass is 10.0. The Kier molecular flexibility index (Phi) is 5.75. The van der Waals surface area contributed by atoms with E-state index in [-0.39, 0.29) is 29.2 Å². The number of Topliss-reactive ketones (excluding diaryl/α,β-unsaturated/α-hetero) is 1. The fourth-order valence-electron chi connectivity index (χ4n) is 2.92. The average molecular weight is 368 g/mol. The Hall–Kier alpha value is -1.20. The molecule has 5 heteroatoms. The lowest BCUT2D eigenvalue weighted by Crippen LogP contribution is -2.38. The second kappa shape index (κ2) is 7.38. The van der Waals surface area contributed by atoms with Gasteiger partial charge in [-0.25, -0.2) is 0 Å². The summed E-state index contributed by atoms with van der Waals surface area (Å²) in [7, 11) is 1.52. The number of anilines is 1. The van der Waals surface area contributed by atoms with Gasteiger partial charge in [0, 0.05) is 24.4 Å². The van der Waals surface area contributed by atoms with Gasteiger partial charge in [0.05, 0.1) is 4.83 Å². The van der Waals surface area contributed by atoms with Crippen LogP contribution in [0.4, 0.5) is 5.69 Å². The SMILES string of the molecule is CCCC(Br)C(=O)c1ccc2c(c1)CC(C)N2C(=O)COC. The van der Waals surface area contributed by atoms with Crippen LogP contribution in [0.25, 0.3) is 0 Å². The summed E-state index contributed by atoms with van der Waals surface area (Å²) in [5.41, 5.74) is 2.66. The molecule has 0 saturated carbocycles. The summed E-state index contributed by atoms with van der Waals surface area (Å²) in [5.74, 6) is 0.0659. The topological polar surface area (TPSA) is 46.6 Å². The maximum atomic E-state index is 12.4. The minimum atomic E-state index is -0.138. The van der Waals surface area contributed by atoms with Gasteiger partial charge in [0.25, 0.3) is 5.91 Å². The molecule has 1 amide bonds. The van der Waals surface area contributed by atoms with Gasteiger partial charge in [-0.1, -0.05) is 29.3 Å². The molecule has 0 fully saturated rings. The Labute approximate surface area is 140 Å². The maximum Gasteiger partial charge on any atom is 0.253 e. The standard InChI is InChI=1S/C17H22BrNO3/c1-4-5-14(18)17(21)12-6-7-15-13(9-12)8-11(2)19(15)16(20)10-22-3/h6-7,9,11,14H,4-5,8,10H2,1-3H3. The van der Waals surface area contributed by atoms with Crippen molar-refractivity contribution in [2.24, 2.45) is 0 Å². The normalized spacial score (nSPS) is 18.2. The van der Waals surface area contributed by atoms with Crippen molar-refractivity contribution < 1.29 is 14.3 Å². The highest BCUT2D eigenvalue weighted by atomic mass is 79.9. The smallest absolute Gasteiger partial charge is 0.253 e. The van der Waals surface area contributed by atoms with Gasteiger partial charge >= 0.3 is 0 Å². The Balaban J connectivity index is 2.25. The first-order valence-electron chi connectivity index (χ1n) is 7.61. The first-order valence-corrected chi connectivity index (χ1v) is 8.53. The van der Waals surface area contributed by atoms with Gasteiger partial charge in [0.1, 0.15) is 6.61 Å². The fourth-order valence-corrected chi connectivity index (χ4v) is 3.64. The molecule has 1 aromatic rings. The third kappa shape index (κ3) is 3.41. The first kappa shape index (κ1) is 17.2. The number of halogens is 1. The molecule has 0 aliphatic carbocycles. The molecule has 2 unspecified atom stereocenters. The maximum absolute atomic E-state index is 12.4. The van der Waals surface area contributed by atoms with Crippen LogP contribution in [-0.4, -0.2) is 36.3 Å². The first-order chi connectivity index (χ1) is 10.5. The molecule has 4 nitrogen and oxygen atoms in total. The van der Waals surface area contributed by atoms with Crippen LogP contribution in [0.15, 0.2) is 18.2 Å². The largest absolute Gasteiger partial charge is 0.375 e. The Morgan fingerprint density at radius 1 is 1.45 bits per heavy atom. The van der Waals surface area contributed by atoms with E-state index in [4.69, 9.17) is 4.74 Å². The molecule has 120 valence electrons. The van der Waals surface area contributed by atoms with E-state index in [9.17, 15) is 9.59 Å². The fraction of sp³-hybridized carbons (Fsp3) is 0.529. The van der Waals surface area contributed by atoms with Crippen LogP contribution < -0.4 is 4.90 Å². The summed E-state index contributed by atoms with van der Waals surface area (Å²) in [5, 5.41) is 0. The number of nitrogens with zero attached hydrogens (tertiary/aromatic N) is 1. The van der Waals surface area contributed by atoms with Crippen molar-refractivity contribution >= 4 is 33.3 Å². The van der Waals surface area contributed by atoms with Gasteiger partial charge in [-0.15, -0.1) is 0 Å². The summed E-state index contributed by atoms with van der Waals surface area (Å²) in [6.45, 7) is 4.15. The average Bonchev–Trinajstić information content (AvgIpc) is 2.81. The molecule has 0 saturated heterocycles. The second-order valence-corrected chi connectivity index (χ2v) is 6.82. The van der Waals surface area contributed by atoms with Crippen LogP contribution in [-0.2, 0) is 16.0 Å². The molecule has 2 atom stereocenters. The molecule has 0 radical (unpaired) electrons. The van der Waals surface area contributed by atoms with Gasteiger partial charge < -0.3 is 9.64 Å². The number of carbonyl (C=O) groups is 2. The van der Waals surface area contributed by atoms with E-state index in [2.05, 4.69) is 22.9 Å². The van der Waals surface area contributed by atoms with Crippen molar-refractivity contribution in [3.63, 3.8) is 0 Å². The van der Waals surface area contributed by atoms with Crippen molar-refractivity contribution in [1.29, 1.82) is 0 Å². The molecule has 1 aromatic carbocycles. The van der Waals surface area contributed by atoms with E-state index in [1.165, 1.54) is 7.11 Å². The minimum absolute atomic E-state index is 0.0443. The van der Waals surface area contributed by atoms with Crippen molar-refractivity contribution in [2.45, 2.75) is 44.0 Å². The molecule has 22 heavy (non-hydrogen) atoms. The minimum Gasteiger partial charge on any atom is -0.375 e. The predicted molar refractivity (Wildman–Crippen MR) is 90.9 cm³/mol. The number of hydrogen-bond acceptors (Lipinski definition) is 3. The number of amides is 1. The van der Waals surface area contributed by atoms with Crippen molar-refractivity contribution in [3.8, 4) is 0 Å². The predicted octanol–water partition coefficient (Wildman–Crippen LogP) is 3.36. The van der Waals surface area contributed by atoms with Crippen molar-refractivity contribution in [3.05, 3.63) is 29.3 Å². The van der Waals surface area contributed by atoms with Gasteiger partial charge in [0.2, 0.25) is 0 Å². The summed E-state index contributed by atoms with van der Waals surface area (Å²) in [6.07, 6.45) is 2.56. The highest BCUT2D eigenvalue weighted by molar-refractivity contribution is 9.10. The number of benzene rings is 1. The molecule has 0 aromatic heterocycles. The monoisotopic (exact) mass is 367 g/mol. The Morgan fingerprint density at radius 3 is 2.82 bits per heavy atom. The number of carbonyl (C=O) groups excluding carboxylic acids is 2. The Bertz CT molecular complexity index is 573. The zero-order valence-electron chi connectivity index (χ0n) is 13.3. The molecule has 0 spiro atoms. The number of rotatable bonds is 6. The van der Waals surface area contributed by atoms with Gasteiger partial charge in [-0.05, 0) is 43.5 Å². The second-order valence-electron chi connectivity index (χ2n) is 5.71. The highest BCUT2D eigenvalue weighted by Gasteiger charge is 2.31. The number of ketones is 1. The summed E-state index contributed by atoms with van der Waals surface area (Å²) in [6, 6.07) is 5.72. The third-order valence-electron chi connectivity index (χ3n) is 3.94. The van der Waals surface area contributed by atoms with Gasteiger partial charge in [-0.3, -0.25) is 9.59 Å². The lowest BCUT2D eigenvalue weighted by molar-refractivity contribution is -0.122. The number of alkyl halides is 1. The van der Waals surface area contributed by atoms with Gasteiger partial charge in [-0.2, -0.15) is 0 Å². The van der Waals surface area contributed by atoms with E-state index >= 15 is 0 Å². The molecule has 1 heterocycles. The zero-order chi connectivity index (χ0) is 16.3. The summed E-state index contributed by atoms with van der Waals surface area (Å²) >= 11 is 3.46. The van der Waals surface area contributed by atoms with Crippen molar-refractivity contribution in [2.75, 3.05) is 18.6 Å². The van der Waals surface area contributed by atoms with Crippen LogP contribution in [0.3, 0.4) is 0 Å². The number of methoxy groups -OCH3 is 1. The number of ether oxygens (including phenoxy) is 1. The zero-order valence-corrected chi connectivity index (χ0v) is 14.9. The molecule has 1 aliphatic rings. The van der Waals surface area contributed by atoms with E-state index in [0.29, 0.717) is 5.56 Å². The van der Waals surface area contributed by atoms with Crippen LogP contribution >= 0.6 is 15.9 Å². The Morgan fingerprint density at radius 2 is 2.18 bits per heavy atom. The number of hydrogen-bond donors (Lipinski definition) is 0. The quantitative estimate of drug-likeness (QED) is 0.572. The molecule has 0 bridgehead atoms. The van der Waals surface area contributed by atoms with Crippen LogP contribution in [0, 0.1) is 0 Å². The lowest BCUT2D eigenvalue weighted by Gasteiger charge is -2.22. The van der Waals surface area contributed by atoms with Crippen LogP contribution in [0.5, 0.6) is 0 Å². The molecule has 0 N–H and O–H groups in total. The highest BCUT2D eigenvalue weighted by Crippen LogP contribution is 2.33. The molecule has 1 aliphatic heterocycles.